The molecule has 5 heteroatoms. The highest BCUT2D eigenvalue weighted by atomic mass is 16.5. The Labute approximate surface area is 83.6 Å². The Morgan fingerprint density at radius 1 is 1.43 bits per heavy atom. The lowest BCUT2D eigenvalue weighted by Gasteiger charge is -2.11. The first kappa shape index (κ1) is 11.0. The van der Waals surface area contributed by atoms with Gasteiger partial charge in [-0.1, -0.05) is 12.1 Å². The summed E-state index contributed by atoms with van der Waals surface area (Å²) in [6.45, 7) is 0.728. The Kier molecular flexibility index (Phi) is 4.45. The molecule has 4 N–H and O–H groups in total. The third-order valence-electron chi connectivity index (χ3n) is 1.93. The highest BCUT2D eigenvalue weighted by Crippen LogP contribution is 2.09. The zero-order chi connectivity index (χ0) is 10.4. The molecule has 4 nitrogen and oxygen atoms in total. The first-order chi connectivity index (χ1) is 6.83. The van der Waals surface area contributed by atoms with Gasteiger partial charge in [0.05, 0.1) is 6.61 Å². The van der Waals surface area contributed by atoms with E-state index in [2.05, 4.69) is 0 Å². The molecule has 0 saturated carbocycles. The van der Waals surface area contributed by atoms with Crippen molar-refractivity contribution in [2.24, 2.45) is 5.73 Å². The van der Waals surface area contributed by atoms with E-state index in [0.717, 1.165) is 0 Å². The van der Waals surface area contributed by atoms with Gasteiger partial charge in [-0.3, -0.25) is 0 Å². The van der Waals surface area contributed by atoms with Crippen LogP contribution in [0.3, 0.4) is 0 Å². The van der Waals surface area contributed by atoms with Crippen LogP contribution in [0.2, 0.25) is 0 Å². The highest BCUT2D eigenvalue weighted by Gasteiger charge is 2.08. The van der Waals surface area contributed by atoms with Crippen LogP contribution in [-0.4, -0.2) is 30.8 Å². The van der Waals surface area contributed by atoms with Gasteiger partial charge in [-0.2, -0.15) is 0 Å². The van der Waals surface area contributed by atoms with E-state index < -0.39 is 0 Å². The fraction of sp³-hybridized carbons (Fsp3) is 0.333. The molecule has 1 rings (SSSR count). The summed E-state index contributed by atoms with van der Waals surface area (Å²) >= 11 is 0. The summed E-state index contributed by atoms with van der Waals surface area (Å²) in [6.07, 6.45) is 0. The number of hydrogen-bond acceptors (Lipinski definition) is 4. The third-order valence-corrected chi connectivity index (χ3v) is 1.93. The lowest BCUT2D eigenvalue weighted by atomic mass is 9.83. The zero-order valence-electron chi connectivity index (χ0n) is 7.94. The molecule has 0 heterocycles. The van der Waals surface area contributed by atoms with Crippen molar-refractivity contribution in [2.75, 3.05) is 13.2 Å². The molecule has 0 bridgehead atoms. The van der Waals surface area contributed by atoms with Crippen LogP contribution in [0.25, 0.3) is 0 Å². The Bertz CT molecular complexity index is 293. The average molecular weight is 195 g/mol. The molecule has 76 valence electrons. The van der Waals surface area contributed by atoms with Gasteiger partial charge in [0.15, 0.2) is 0 Å². The maximum Gasteiger partial charge on any atom is 0.308 e. The van der Waals surface area contributed by atoms with E-state index in [-0.39, 0.29) is 14.1 Å². The van der Waals surface area contributed by atoms with Crippen LogP contribution >= 0.6 is 0 Å². The van der Waals surface area contributed by atoms with Gasteiger partial charge in [0.1, 0.15) is 12.4 Å². The number of aliphatic hydroxyl groups is 1. The van der Waals surface area contributed by atoms with Gasteiger partial charge in [0, 0.05) is 6.54 Å². The summed E-state index contributed by atoms with van der Waals surface area (Å²) in [6, 6.07) is 5.28. The fourth-order valence-electron chi connectivity index (χ4n) is 1.24. The normalized spacial score (nSPS) is 9.93. The molecule has 0 saturated heterocycles. The van der Waals surface area contributed by atoms with Crippen molar-refractivity contribution in [1.29, 1.82) is 0 Å². The number of rotatable bonds is 5. The van der Waals surface area contributed by atoms with Crippen LogP contribution in [0.5, 0.6) is 5.75 Å². The minimum Gasteiger partial charge on any atom is -0.493 e. The van der Waals surface area contributed by atoms with Crippen molar-refractivity contribution in [2.45, 2.75) is 6.61 Å². The van der Waals surface area contributed by atoms with E-state index in [1.807, 2.05) is 0 Å². The molecule has 0 aromatic heterocycles. The monoisotopic (exact) mass is 195 g/mol. The van der Waals surface area contributed by atoms with Crippen LogP contribution < -0.4 is 15.9 Å². The summed E-state index contributed by atoms with van der Waals surface area (Å²) in [5.74, 6) is 0.588. The average Bonchev–Trinajstić information content (AvgIpc) is 2.25. The zero-order valence-corrected chi connectivity index (χ0v) is 7.94. The first-order valence-corrected chi connectivity index (χ1v) is 4.48. The van der Waals surface area contributed by atoms with Gasteiger partial charge in [-0.25, -0.2) is 0 Å². The van der Waals surface area contributed by atoms with Crippen molar-refractivity contribution in [3.63, 3.8) is 0 Å². The molecular formula is C9H14BNO3. The summed E-state index contributed by atoms with van der Waals surface area (Å²) in [5, 5.41) is 18.1. The highest BCUT2D eigenvalue weighted by molar-refractivity contribution is 6.47. The predicted octanol–water partition coefficient (Wildman–Crippen LogP) is -1.51. The minimum atomic E-state index is -0.142. The Morgan fingerprint density at radius 2 is 2.21 bits per heavy atom. The second-order valence-electron chi connectivity index (χ2n) is 2.85. The third kappa shape index (κ3) is 2.48. The van der Waals surface area contributed by atoms with Gasteiger partial charge in [-0.05, 0) is 17.1 Å². The van der Waals surface area contributed by atoms with Crippen LogP contribution in [0.1, 0.15) is 5.56 Å². The van der Waals surface area contributed by atoms with Crippen LogP contribution in [-0.2, 0) is 6.61 Å². The van der Waals surface area contributed by atoms with Crippen molar-refractivity contribution >= 4 is 12.9 Å². The van der Waals surface area contributed by atoms with E-state index in [4.69, 9.17) is 20.6 Å². The lowest BCUT2D eigenvalue weighted by molar-refractivity contribution is 0.281. The van der Waals surface area contributed by atoms with Gasteiger partial charge in [0.25, 0.3) is 0 Å². The van der Waals surface area contributed by atoms with Gasteiger partial charge < -0.3 is 20.6 Å². The molecule has 14 heavy (non-hydrogen) atoms. The van der Waals surface area contributed by atoms with Crippen molar-refractivity contribution in [3.8, 4) is 5.75 Å². The van der Waals surface area contributed by atoms with Crippen molar-refractivity contribution in [1.82, 2.24) is 0 Å². The molecule has 0 radical (unpaired) electrons. The Hall–Kier alpha value is -1.04. The van der Waals surface area contributed by atoms with E-state index >= 15 is 0 Å². The van der Waals surface area contributed by atoms with Crippen LogP contribution in [0.4, 0.5) is 0 Å². The quantitative estimate of drug-likeness (QED) is 0.499. The van der Waals surface area contributed by atoms with E-state index in [1.165, 1.54) is 0 Å². The Balaban J connectivity index is 2.90. The number of ether oxygens (including phenoxy) is 1. The van der Waals surface area contributed by atoms with Crippen LogP contribution in [0.15, 0.2) is 18.2 Å². The molecule has 0 aliphatic carbocycles. The fourth-order valence-corrected chi connectivity index (χ4v) is 1.24. The second-order valence-corrected chi connectivity index (χ2v) is 2.85. The molecule has 0 spiro atoms. The molecule has 0 amide bonds. The predicted molar refractivity (Wildman–Crippen MR) is 55.9 cm³/mol. The number of benzene rings is 1. The number of nitrogens with two attached hydrogens (primary N) is 1. The SMILES string of the molecule is NCCOc1cccc(CO)c1BO. The van der Waals surface area contributed by atoms with Gasteiger partial charge in [0.2, 0.25) is 0 Å². The van der Waals surface area contributed by atoms with Gasteiger partial charge in [-0.15, -0.1) is 0 Å². The molecule has 1 aromatic rings. The molecule has 0 fully saturated rings. The molecular weight excluding hydrogens is 181 g/mol. The first-order valence-electron chi connectivity index (χ1n) is 4.48. The topological polar surface area (TPSA) is 75.7 Å². The standard InChI is InChI=1S/C9H14BNO3/c11-4-5-14-8-3-1-2-7(6-12)9(8)10-13/h1-3,10,12-13H,4-6,11H2. The van der Waals surface area contributed by atoms with E-state index in [9.17, 15) is 0 Å². The molecule has 1 aromatic carbocycles. The second kappa shape index (κ2) is 5.64. The van der Waals surface area contributed by atoms with Crippen molar-refractivity contribution < 1.29 is 14.9 Å². The van der Waals surface area contributed by atoms with Crippen LogP contribution in [0, 0.1) is 0 Å². The largest absolute Gasteiger partial charge is 0.493 e. The minimum absolute atomic E-state index is 0.101. The molecule has 0 atom stereocenters. The van der Waals surface area contributed by atoms with E-state index in [0.29, 0.717) is 29.9 Å². The molecule has 0 unspecified atom stereocenters. The molecule has 0 aliphatic heterocycles. The van der Waals surface area contributed by atoms with Crippen molar-refractivity contribution in [3.05, 3.63) is 23.8 Å². The Morgan fingerprint density at radius 3 is 2.79 bits per heavy atom. The number of aliphatic hydroxyl groups excluding tert-OH is 1. The lowest BCUT2D eigenvalue weighted by Crippen LogP contribution is -2.24. The number of hydrogen-bond donors (Lipinski definition) is 3. The van der Waals surface area contributed by atoms with E-state index in [1.54, 1.807) is 18.2 Å². The molecule has 0 aliphatic rings. The maximum atomic E-state index is 9.11. The summed E-state index contributed by atoms with van der Waals surface area (Å²) in [7, 11) is -0.142. The summed E-state index contributed by atoms with van der Waals surface area (Å²) < 4.78 is 5.32. The summed E-state index contributed by atoms with van der Waals surface area (Å²) in [5.41, 5.74) is 6.61. The summed E-state index contributed by atoms with van der Waals surface area (Å²) in [4.78, 5) is 0. The van der Waals surface area contributed by atoms with Gasteiger partial charge >= 0.3 is 7.48 Å². The smallest absolute Gasteiger partial charge is 0.308 e. The maximum absolute atomic E-state index is 9.11.